The van der Waals surface area contributed by atoms with E-state index in [1.54, 1.807) is 0 Å². The number of aliphatic hydroxyl groups excluding tert-OH is 1. The lowest BCUT2D eigenvalue weighted by Crippen LogP contribution is -1.98. The van der Waals surface area contributed by atoms with Crippen LogP contribution in [0.2, 0.25) is 0 Å². The van der Waals surface area contributed by atoms with Crippen LogP contribution < -0.4 is 5.73 Å². The van der Waals surface area contributed by atoms with Crippen molar-refractivity contribution in [1.29, 1.82) is 0 Å². The Labute approximate surface area is 72.0 Å². The number of hydrogen-bond donors (Lipinski definition) is 4. The van der Waals surface area contributed by atoms with Gasteiger partial charge in [0, 0.05) is 6.61 Å². The predicted octanol–water partition coefficient (Wildman–Crippen LogP) is -0.545. The van der Waals surface area contributed by atoms with E-state index in [0.717, 1.165) is 25.8 Å². The Morgan fingerprint density at radius 3 is 1.75 bits per heavy atom. The average Bonchev–Trinajstić information content (AvgIpc) is 1.85. The van der Waals surface area contributed by atoms with Gasteiger partial charge in [0.05, 0.1) is 0 Å². The van der Waals surface area contributed by atoms with Crippen LogP contribution in [-0.4, -0.2) is 35.8 Å². The quantitative estimate of drug-likeness (QED) is 0.358. The molecule has 0 aromatic heterocycles. The van der Waals surface area contributed by atoms with Crippen molar-refractivity contribution in [2.45, 2.75) is 19.3 Å². The third-order valence-electron chi connectivity index (χ3n) is 0.862. The van der Waals surface area contributed by atoms with Crippen molar-refractivity contribution in [1.82, 2.24) is 0 Å². The molecule has 0 rings (SSSR count). The molecule has 0 aliphatic carbocycles. The van der Waals surface area contributed by atoms with Crippen molar-refractivity contribution >= 4 is 10.4 Å². The van der Waals surface area contributed by atoms with Gasteiger partial charge in [-0.3, -0.25) is 9.11 Å². The van der Waals surface area contributed by atoms with E-state index in [0.29, 0.717) is 6.61 Å². The van der Waals surface area contributed by atoms with Gasteiger partial charge < -0.3 is 10.8 Å². The van der Waals surface area contributed by atoms with Crippen molar-refractivity contribution < 1.29 is 22.6 Å². The summed E-state index contributed by atoms with van der Waals surface area (Å²) in [5.41, 5.74) is 5.19. The Morgan fingerprint density at radius 2 is 1.50 bits per heavy atom. The van der Waals surface area contributed by atoms with Gasteiger partial charge >= 0.3 is 10.4 Å². The highest BCUT2D eigenvalue weighted by atomic mass is 32.3. The number of aliphatic hydroxyl groups is 1. The van der Waals surface area contributed by atoms with E-state index in [-0.39, 0.29) is 0 Å². The molecular weight excluding hydrogens is 186 g/mol. The normalized spacial score (nSPS) is 10.3. The molecule has 0 radical (unpaired) electrons. The smallest absolute Gasteiger partial charge is 0.394 e. The highest BCUT2D eigenvalue weighted by Gasteiger charge is 1.84. The number of nitrogens with two attached hydrogens (primary N) is 1. The Kier molecular flexibility index (Phi) is 10.6. The fourth-order valence-electron chi connectivity index (χ4n) is 0.433. The lowest BCUT2D eigenvalue weighted by atomic mass is 10.2. The third kappa shape index (κ3) is 52.7. The van der Waals surface area contributed by atoms with Gasteiger partial charge in [-0.25, -0.2) is 0 Å². The maximum absolute atomic E-state index is 8.74. The van der Waals surface area contributed by atoms with Crippen LogP contribution in [0.1, 0.15) is 19.3 Å². The molecule has 0 spiro atoms. The molecule has 0 aliphatic heterocycles. The topological polar surface area (TPSA) is 121 Å². The first kappa shape index (κ1) is 14.3. The molecule has 7 heteroatoms. The molecule has 0 aromatic carbocycles. The first-order valence-corrected chi connectivity index (χ1v) is 4.82. The average molecular weight is 201 g/mol. The van der Waals surface area contributed by atoms with E-state index in [4.69, 9.17) is 28.4 Å². The van der Waals surface area contributed by atoms with Gasteiger partial charge in [-0.15, -0.1) is 0 Å². The van der Waals surface area contributed by atoms with Gasteiger partial charge in [0.1, 0.15) is 0 Å². The van der Waals surface area contributed by atoms with E-state index in [2.05, 4.69) is 0 Å². The second-order valence-corrected chi connectivity index (χ2v) is 2.92. The third-order valence-corrected chi connectivity index (χ3v) is 0.862. The predicted molar refractivity (Wildman–Crippen MR) is 44.2 cm³/mol. The first-order chi connectivity index (χ1) is 5.41. The lowest BCUT2D eigenvalue weighted by molar-refractivity contribution is 0.283. The summed E-state index contributed by atoms with van der Waals surface area (Å²) in [7, 11) is -4.67. The van der Waals surface area contributed by atoms with Crippen molar-refractivity contribution in [2.75, 3.05) is 13.2 Å². The van der Waals surface area contributed by atoms with Crippen molar-refractivity contribution in [3.8, 4) is 0 Å². The van der Waals surface area contributed by atoms with E-state index >= 15 is 0 Å². The zero-order chi connectivity index (χ0) is 10.0. The van der Waals surface area contributed by atoms with Crippen LogP contribution in [0.3, 0.4) is 0 Å². The molecule has 6 nitrogen and oxygen atoms in total. The van der Waals surface area contributed by atoms with Gasteiger partial charge in [0.25, 0.3) is 0 Å². The highest BCUT2D eigenvalue weighted by Crippen LogP contribution is 1.89. The minimum absolute atomic E-state index is 0.306. The summed E-state index contributed by atoms with van der Waals surface area (Å²) in [5, 5.41) is 8.25. The summed E-state index contributed by atoms with van der Waals surface area (Å²) in [6, 6.07) is 0. The Hall–Kier alpha value is -0.210. The molecular formula is C5H15NO5S. The zero-order valence-corrected chi connectivity index (χ0v) is 7.50. The molecule has 0 unspecified atom stereocenters. The standard InChI is InChI=1S/C5H13NO.H2O4S/c6-4-2-1-3-5-7;1-5(2,3)4/h7H,1-6H2;(H2,1,2,3,4). The minimum atomic E-state index is -4.67. The molecule has 76 valence electrons. The molecule has 0 heterocycles. The summed E-state index contributed by atoms with van der Waals surface area (Å²) < 4.78 is 31.6. The monoisotopic (exact) mass is 201 g/mol. The molecule has 0 saturated carbocycles. The molecule has 5 N–H and O–H groups in total. The molecule has 0 bridgehead atoms. The molecule has 12 heavy (non-hydrogen) atoms. The number of unbranched alkanes of at least 4 members (excludes halogenated alkanes) is 2. The zero-order valence-electron chi connectivity index (χ0n) is 6.68. The molecule has 0 atom stereocenters. The number of rotatable bonds is 4. The van der Waals surface area contributed by atoms with E-state index in [1.807, 2.05) is 0 Å². The van der Waals surface area contributed by atoms with Crippen molar-refractivity contribution in [3.05, 3.63) is 0 Å². The van der Waals surface area contributed by atoms with Crippen molar-refractivity contribution in [3.63, 3.8) is 0 Å². The van der Waals surface area contributed by atoms with Crippen LogP contribution in [0.15, 0.2) is 0 Å². The summed E-state index contributed by atoms with van der Waals surface area (Å²) in [6.07, 6.45) is 3.00. The van der Waals surface area contributed by atoms with Gasteiger partial charge in [-0.2, -0.15) is 8.42 Å². The molecule has 0 aliphatic rings. The van der Waals surface area contributed by atoms with Gasteiger partial charge in [-0.1, -0.05) is 0 Å². The van der Waals surface area contributed by atoms with E-state index in [9.17, 15) is 0 Å². The van der Waals surface area contributed by atoms with Crippen molar-refractivity contribution in [2.24, 2.45) is 5.73 Å². The van der Waals surface area contributed by atoms with Crippen LogP contribution in [0.5, 0.6) is 0 Å². The van der Waals surface area contributed by atoms with Crippen LogP contribution in [0, 0.1) is 0 Å². The second kappa shape index (κ2) is 8.88. The van der Waals surface area contributed by atoms with Crippen LogP contribution in [0.4, 0.5) is 0 Å². The molecule has 0 fully saturated rings. The number of hydrogen-bond acceptors (Lipinski definition) is 4. The Bertz CT molecular complexity index is 155. The Morgan fingerprint density at radius 1 is 1.08 bits per heavy atom. The van der Waals surface area contributed by atoms with Gasteiger partial charge in [0.2, 0.25) is 0 Å². The SMILES string of the molecule is NCCCCCO.O=S(=O)(O)O. The Balaban J connectivity index is 0. The molecule has 0 amide bonds. The lowest BCUT2D eigenvalue weighted by Gasteiger charge is -1.90. The highest BCUT2D eigenvalue weighted by molar-refractivity contribution is 7.79. The van der Waals surface area contributed by atoms with Crippen LogP contribution in [0.25, 0.3) is 0 Å². The van der Waals surface area contributed by atoms with Gasteiger partial charge in [-0.05, 0) is 25.8 Å². The summed E-state index contributed by atoms with van der Waals surface area (Å²) in [4.78, 5) is 0. The summed E-state index contributed by atoms with van der Waals surface area (Å²) in [6.45, 7) is 1.06. The maximum atomic E-state index is 8.74. The fourth-order valence-corrected chi connectivity index (χ4v) is 0.433. The molecule has 0 aromatic rings. The van der Waals surface area contributed by atoms with E-state index < -0.39 is 10.4 Å². The fraction of sp³-hybridized carbons (Fsp3) is 1.00. The largest absolute Gasteiger partial charge is 0.396 e. The summed E-state index contributed by atoms with van der Waals surface area (Å²) in [5.74, 6) is 0. The summed E-state index contributed by atoms with van der Waals surface area (Å²) >= 11 is 0. The van der Waals surface area contributed by atoms with Gasteiger partial charge in [0.15, 0.2) is 0 Å². The van der Waals surface area contributed by atoms with Crippen LogP contribution >= 0.6 is 0 Å². The minimum Gasteiger partial charge on any atom is -0.396 e. The van der Waals surface area contributed by atoms with Crippen LogP contribution in [-0.2, 0) is 10.4 Å². The second-order valence-electron chi connectivity index (χ2n) is 2.02. The molecule has 0 saturated heterocycles. The first-order valence-electron chi connectivity index (χ1n) is 3.42. The maximum Gasteiger partial charge on any atom is 0.394 e. The van der Waals surface area contributed by atoms with E-state index in [1.165, 1.54) is 0 Å².